The van der Waals surface area contributed by atoms with Crippen LogP contribution >= 0.6 is 11.8 Å². The van der Waals surface area contributed by atoms with Crippen LogP contribution in [-0.4, -0.2) is 26.5 Å². The van der Waals surface area contributed by atoms with Crippen LogP contribution in [0.25, 0.3) is 17.1 Å². The molecule has 5 nitrogen and oxygen atoms in total. The molecule has 0 unspecified atom stereocenters. The van der Waals surface area contributed by atoms with Crippen LogP contribution in [0.4, 0.5) is 4.39 Å². The second-order valence-electron chi connectivity index (χ2n) is 6.39. The van der Waals surface area contributed by atoms with Crippen molar-refractivity contribution in [1.82, 2.24) is 14.8 Å². The average Bonchev–Trinajstić information content (AvgIpc) is 3.21. The van der Waals surface area contributed by atoms with Gasteiger partial charge in [-0.2, -0.15) is 0 Å². The van der Waals surface area contributed by atoms with Crippen LogP contribution in [0.2, 0.25) is 0 Å². The lowest BCUT2D eigenvalue weighted by Crippen LogP contribution is -2.08. The minimum absolute atomic E-state index is 0.0646. The lowest BCUT2D eigenvalue weighted by Gasteiger charge is -2.10. The second-order valence-corrected chi connectivity index (χ2v) is 7.33. The zero-order valence-electron chi connectivity index (χ0n) is 15.9. The molecule has 0 aliphatic rings. The van der Waals surface area contributed by atoms with Gasteiger partial charge in [-0.25, -0.2) is 4.39 Å². The Hall–Kier alpha value is -3.45. The van der Waals surface area contributed by atoms with Crippen molar-refractivity contribution in [2.45, 2.75) is 11.8 Å². The van der Waals surface area contributed by atoms with Gasteiger partial charge in [0, 0.05) is 5.69 Å². The van der Waals surface area contributed by atoms with E-state index in [9.17, 15) is 9.18 Å². The fourth-order valence-corrected chi connectivity index (χ4v) is 3.64. The minimum Gasteiger partial charge on any atom is -0.460 e. The summed E-state index contributed by atoms with van der Waals surface area (Å²) in [5.74, 6) is -0.311. The van der Waals surface area contributed by atoms with E-state index in [2.05, 4.69) is 10.2 Å². The Morgan fingerprint density at radius 1 is 0.900 bits per heavy atom. The van der Waals surface area contributed by atoms with Crippen LogP contribution in [0.1, 0.15) is 5.56 Å². The summed E-state index contributed by atoms with van der Waals surface area (Å²) in [6.45, 7) is 0.214. The Balaban J connectivity index is 1.55. The first kappa shape index (κ1) is 19.8. The third kappa shape index (κ3) is 4.58. The highest BCUT2D eigenvalue weighted by molar-refractivity contribution is 7.99. The summed E-state index contributed by atoms with van der Waals surface area (Å²) in [5.41, 5.74) is 2.04. The molecule has 1 heterocycles. The third-order valence-corrected chi connectivity index (χ3v) is 5.23. The molecule has 3 aromatic carbocycles. The molecule has 7 heteroatoms. The van der Waals surface area contributed by atoms with Gasteiger partial charge in [-0.15, -0.1) is 10.2 Å². The number of carbonyl (C=O) groups is 1. The largest absolute Gasteiger partial charge is 0.460 e. The van der Waals surface area contributed by atoms with Gasteiger partial charge in [0.15, 0.2) is 11.0 Å². The van der Waals surface area contributed by atoms with Gasteiger partial charge >= 0.3 is 5.97 Å². The van der Waals surface area contributed by atoms with Gasteiger partial charge in [0.25, 0.3) is 0 Å². The smallest absolute Gasteiger partial charge is 0.316 e. The summed E-state index contributed by atoms with van der Waals surface area (Å²) in [7, 11) is 0. The van der Waals surface area contributed by atoms with Crippen molar-refractivity contribution >= 4 is 17.7 Å². The summed E-state index contributed by atoms with van der Waals surface area (Å²) in [5, 5.41) is 8.88. The summed E-state index contributed by atoms with van der Waals surface area (Å²) >= 11 is 1.20. The third-order valence-electron chi connectivity index (χ3n) is 4.32. The number of hydrogen-bond donors (Lipinski definition) is 0. The number of esters is 1. The first-order valence-corrected chi connectivity index (χ1v) is 10.3. The van der Waals surface area contributed by atoms with Crippen LogP contribution in [0.3, 0.4) is 0 Å². The molecule has 0 spiro atoms. The maximum absolute atomic E-state index is 14.4. The predicted molar refractivity (Wildman–Crippen MR) is 114 cm³/mol. The highest BCUT2D eigenvalue weighted by atomic mass is 32.2. The molecule has 1 aromatic heterocycles. The van der Waals surface area contributed by atoms with E-state index < -0.39 is 0 Å². The number of para-hydroxylation sites is 1. The van der Waals surface area contributed by atoms with Crippen molar-refractivity contribution in [3.05, 3.63) is 96.3 Å². The van der Waals surface area contributed by atoms with Crippen LogP contribution in [0, 0.1) is 5.82 Å². The number of hydrogen-bond acceptors (Lipinski definition) is 5. The SMILES string of the molecule is O=C(CSc1nnc(-c2ccccc2F)n1-c1ccccc1)OCc1ccccc1. The number of aromatic nitrogens is 3. The van der Waals surface area contributed by atoms with Crippen LogP contribution in [-0.2, 0) is 16.1 Å². The molecule has 30 heavy (non-hydrogen) atoms. The van der Waals surface area contributed by atoms with E-state index in [0.717, 1.165) is 11.3 Å². The molecule has 0 aliphatic carbocycles. The predicted octanol–water partition coefficient (Wildman–Crippen LogP) is 4.91. The molecule has 4 aromatic rings. The van der Waals surface area contributed by atoms with Crippen molar-refractivity contribution < 1.29 is 13.9 Å². The number of benzene rings is 3. The molecule has 0 radical (unpaired) electrons. The van der Waals surface area contributed by atoms with Gasteiger partial charge in [0.2, 0.25) is 0 Å². The number of halogens is 1. The zero-order chi connectivity index (χ0) is 20.8. The molecule has 0 saturated heterocycles. The standard InChI is InChI=1S/C23H18FN3O2S/c24-20-14-8-7-13-19(20)22-25-26-23(27(22)18-11-5-2-6-12-18)30-16-21(28)29-15-17-9-3-1-4-10-17/h1-14H,15-16H2. The quantitative estimate of drug-likeness (QED) is 0.315. The topological polar surface area (TPSA) is 57.0 Å². The Morgan fingerprint density at radius 2 is 1.57 bits per heavy atom. The fourth-order valence-electron chi connectivity index (χ4n) is 2.89. The first-order valence-electron chi connectivity index (χ1n) is 9.30. The molecule has 150 valence electrons. The first-order chi connectivity index (χ1) is 14.7. The van der Waals surface area contributed by atoms with Crippen molar-refractivity contribution in [2.75, 3.05) is 5.75 Å². The Morgan fingerprint density at radius 3 is 2.30 bits per heavy atom. The van der Waals surface area contributed by atoms with Crippen LogP contribution in [0.5, 0.6) is 0 Å². The normalized spacial score (nSPS) is 10.7. The van der Waals surface area contributed by atoms with Crippen LogP contribution in [0.15, 0.2) is 90.1 Å². The lowest BCUT2D eigenvalue weighted by atomic mass is 10.2. The van der Waals surface area contributed by atoms with Gasteiger partial charge in [-0.05, 0) is 29.8 Å². The number of carbonyl (C=O) groups excluding carboxylic acids is 1. The highest BCUT2D eigenvalue weighted by Gasteiger charge is 2.19. The molecule has 4 rings (SSSR count). The molecule has 0 aliphatic heterocycles. The monoisotopic (exact) mass is 419 g/mol. The molecule has 0 bridgehead atoms. The number of rotatable bonds is 7. The molecule has 0 saturated carbocycles. The summed E-state index contributed by atoms with van der Waals surface area (Å²) in [6.07, 6.45) is 0. The van der Waals surface area contributed by atoms with E-state index in [1.807, 2.05) is 60.7 Å². The lowest BCUT2D eigenvalue weighted by molar-refractivity contribution is -0.141. The highest BCUT2D eigenvalue weighted by Crippen LogP contribution is 2.29. The average molecular weight is 419 g/mol. The van der Waals surface area contributed by atoms with Gasteiger partial charge < -0.3 is 4.74 Å². The van der Waals surface area contributed by atoms with Crippen LogP contribution < -0.4 is 0 Å². The second kappa shape index (κ2) is 9.37. The van der Waals surface area contributed by atoms with E-state index in [1.54, 1.807) is 22.8 Å². The molecular formula is C23H18FN3O2S. The molecule has 0 amide bonds. The van der Waals surface area contributed by atoms with E-state index in [4.69, 9.17) is 4.74 Å². The summed E-state index contributed by atoms with van der Waals surface area (Å²) in [4.78, 5) is 12.2. The van der Waals surface area contributed by atoms with Gasteiger partial charge in [0.1, 0.15) is 12.4 Å². The van der Waals surface area contributed by atoms with Gasteiger partial charge in [0.05, 0.1) is 11.3 Å². The Labute approximate surface area is 177 Å². The zero-order valence-corrected chi connectivity index (χ0v) is 16.8. The van der Waals surface area contributed by atoms with Crippen molar-refractivity contribution in [1.29, 1.82) is 0 Å². The summed E-state index contributed by atoms with van der Waals surface area (Å²) < 4.78 is 21.5. The number of thioether (sulfide) groups is 1. The molecule has 0 fully saturated rings. The van der Waals surface area contributed by atoms with E-state index in [1.165, 1.54) is 17.8 Å². The molecular weight excluding hydrogens is 401 g/mol. The van der Waals surface area contributed by atoms with Gasteiger partial charge in [-0.1, -0.05) is 72.4 Å². The van der Waals surface area contributed by atoms with E-state index >= 15 is 0 Å². The Kier molecular flexibility index (Phi) is 6.20. The molecule has 0 N–H and O–H groups in total. The summed E-state index contributed by atoms with van der Waals surface area (Å²) in [6, 6.07) is 25.3. The Bertz CT molecular complexity index is 1130. The van der Waals surface area contributed by atoms with Crippen molar-refractivity contribution in [3.63, 3.8) is 0 Å². The van der Waals surface area contributed by atoms with E-state index in [0.29, 0.717) is 16.5 Å². The van der Waals surface area contributed by atoms with E-state index in [-0.39, 0.29) is 24.1 Å². The maximum atomic E-state index is 14.4. The number of nitrogens with zero attached hydrogens (tertiary/aromatic N) is 3. The maximum Gasteiger partial charge on any atom is 0.316 e. The number of ether oxygens (including phenoxy) is 1. The van der Waals surface area contributed by atoms with Gasteiger partial charge in [-0.3, -0.25) is 9.36 Å². The van der Waals surface area contributed by atoms with Crippen molar-refractivity contribution in [3.8, 4) is 17.1 Å². The van der Waals surface area contributed by atoms with Crippen molar-refractivity contribution in [2.24, 2.45) is 0 Å². The fraction of sp³-hybridized carbons (Fsp3) is 0.0870. The minimum atomic E-state index is -0.388. The molecule has 0 atom stereocenters.